The third-order valence-electron chi connectivity index (χ3n) is 3.71. The molecule has 1 amide bonds. The molecule has 1 aliphatic rings. The molecule has 0 spiro atoms. The first-order chi connectivity index (χ1) is 11.6. The maximum Gasteiger partial charge on any atom is 0.318 e. The van der Waals surface area contributed by atoms with E-state index < -0.39 is 28.6 Å². The molecule has 0 bridgehead atoms. The molecule has 2 rings (SSSR count). The van der Waals surface area contributed by atoms with Crippen molar-refractivity contribution < 1.29 is 27.9 Å². The molecule has 140 valence electrons. The number of carboxylic acids is 1. The van der Waals surface area contributed by atoms with Gasteiger partial charge in [0, 0.05) is 19.6 Å². The summed E-state index contributed by atoms with van der Waals surface area (Å²) in [5.74, 6) is -1.41. The van der Waals surface area contributed by atoms with Crippen molar-refractivity contribution in [2.75, 3.05) is 39.0 Å². The summed E-state index contributed by atoms with van der Waals surface area (Å²) in [6, 6.07) is 0. The Hall–Kier alpha value is -1.56. The molecule has 1 aliphatic heterocycles. The largest absolute Gasteiger partial charge is 0.480 e. The first-order valence-corrected chi connectivity index (χ1v) is 10.3. The van der Waals surface area contributed by atoms with Gasteiger partial charge in [0.15, 0.2) is 0 Å². The number of sulfonamides is 1. The van der Waals surface area contributed by atoms with E-state index in [1.54, 1.807) is 11.8 Å². The van der Waals surface area contributed by atoms with Crippen molar-refractivity contribution in [3.63, 3.8) is 0 Å². The highest BCUT2D eigenvalue weighted by molar-refractivity contribution is 7.88. The van der Waals surface area contributed by atoms with E-state index >= 15 is 0 Å². The summed E-state index contributed by atoms with van der Waals surface area (Å²) in [5, 5.41) is 9.68. The van der Waals surface area contributed by atoms with Gasteiger partial charge in [-0.25, -0.2) is 13.4 Å². The van der Waals surface area contributed by atoms with E-state index in [0.29, 0.717) is 17.1 Å². The fourth-order valence-corrected chi connectivity index (χ4v) is 4.25. The SMILES string of the molecule is Cc1nc(C)c(C(=O)N2CCOC(CN(CC(=O)O)S(C)(=O)=O)C2)s1. The zero-order valence-electron chi connectivity index (χ0n) is 14.3. The third kappa shape index (κ3) is 5.21. The lowest BCUT2D eigenvalue weighted by atomic mass is 10.2. The molecule has 1 atom stereocenters. The molecule has 0 saturated carbocycles. The molecule has 11 heteroatoms. The molecule has 1 fully saturated rings. The van der Waals surface area contributed by atoms with E-state index in [9.17, 15) is 18.0 Å². The van der Waals surface area contributed by atoms with E-state index in [0.717, 1.165) is 15.6 Å². The van der Waals surface area contributed by atoms with Crippen molar-refractivity contribution in [1.82, 2.24) is 14.2 Å². The molecule has 1 saturated heterocycles. The Bertz CT molecular complexity index is 761. The molecular weight excluding hydrogens is 370 g/mol. The van der Waals surface area contributed by atoms with Crippen LogP contribution in [0.15, 0.2) is 0 Å². The molecule has 25 heavy (non-hydrogen) atoms. The number of aliphatic carboxylic acids is 1. The quantitative estimate of drug-likeness (QED) is 0.722. The first-order valence-electron chi connectivity index (χ1n) is 7.59. The van der Waals surface area contributed by atoms with Gasteiger partial charge in [-0.15, -0.1) is 11.3 Å². The summed E-state index contributed by atoms with van der Waals surface area (Å²) in [4.78, 5) is 29.9. The Morgan fingerprint density at radius 1 is 1.44 bits per heavy atom. The van der Waals surface area contributed by atoms with Crippen LogP contribution in [0.25, 0.3) is 0 Å². The van der Waals surface area contributed by atoms with Crippen molar-refractivity contribution in [2.24, 2.45) is 0 Å². The Morgan fingerprint density at radius 2 is 2.12 bits per heavy atom. The van der Waals surface area contributed by atoms with Gasteiger partial charge in [0.05, 0.1) is 29.7 Å². The summed E-state index contributed by atoms with van der Waals surface area (Å²) in [6.07, 6.45) is 0.367. The molecule has 1 aromatic rings. The van der Waals surface area contributed by atoms with Gasteiger partial charge in [0.2, 0.25) is 10.0 Å². The third-order valence-corrected chi connectivity index (χ3v) is 5.99. The van der Waals surface area contributed by atoms with Crippen LogP contribution in [0.2, 0.25) is 0 Å². The van der Waals surface area contributed by atoms with Crippen molar-refractivity contribution in [3.05, 3.63) is 15.6 Å². The van der Waals surface area contributed by atoms with Crippen LogP contribution in [0.4, 0.5) is 0 Å². The van der Waals surface area contributed by atoms with Gasteiger partial charge in [-0.2, -0.15) is 4.31 Å². The number of carbonyl (C=O) groups is 2. The Morgan fingerprint density at radius 3 is 2.64 bits per heavy atom. The van der Waals surface area contributed by atoms with E-state index in [2.05, 4.69) is 4.98 Å². The minimum atomic E-state index is -3.69. The Kier molecular flexibility index (Phi) is 6.14. The maximum absolute atomic E-state index is 12.7. The fourth-order valence-electron chi connectivity index (χ4n) is 2.58. The van der Waals surface area contributed by atoms with Crippen LogP contribution in [0.1, 0.15) is 20.4 Å². The van der Waals surface area contributed by atoms with Crippen LogP contribution >= 0.6 is 11.3 Å². The smallest absolute Gasteiger partial charge is 0.318 e. The number of hydrogen-bond donors (Lipinski definition) is 1. The summed E-state index contributed by atoms with van der Waals surface area (Å²) < 4.78 is 29.9. The van der Waals surface area contributed by atoms with E-state index in [1.165, 1.54) is 11.3 Å². The summed E-state index contributed by atoms with van der Waals surface area (Å²) in [5.41, 5.74) is 0.666. The second kappa shape index (κ2) is 7.77. The molecule has 1 aromatic heterocycles. The van der Waals surface area contributed by atoms with Gasteiger partial charge >= 0.3 is 5.97 Å². The van der Waals surface area contributed by atoms with Crippen LogP contribution in [0, 0.1) is 13.8 Å². The zero-order chi connectivity index (χ0) is 18.8. The fraction of sp³-hybridized carbons (Fsp3) is 0.643. The lowest BCUT2D eigenvalue weighted by molar-refractivity contribution is -0.137. The second-order valence-electron chi connectivity index (χ2n) is 5.84. The minimum Gasteiger partial charge on any atom is -0.480 e. The zero-order valence-corrected chi connectivity index (χ0v) is 15.9. The van der Waals surface area contributed by atoms with Gasteiger partial charge < -0.3 is 14.7 Å². The van der Waals surface area contributed by atoms with Crippen LogP contribution in [0.3, 0.4) is 0 Å². The number of aromatic nitrogens is 1. The average molecular weight is 391 g/mol. The van der Waals surface area contributed by atoms with E-state index in [4.69, 9.17) is 9.84 Å². The highest BCUT2D eigenvalue weighted by atomic mass is 32.2. The second-order valence-corrected chi connectivity index (χ2v) is 9.03. The van der Waals surface area contributed by atoms with Gasteiger partial charge in [0.25, 0.3) is 5.91 Å². The lowest BCUT2D eigenvalue weighted by Crippen LogP contribution is -2.51. The number of hydrogen-bond acceptors (Lipinski definition) is 7. The van der Waals surface area contributed by atoms with Crippen molar-refractivity contribution in [1.29, 1.82) is 0 Å². The maximum atomic E-state index is 12.7. The number of nitrogens with zero attached hydrogens (tertiary/aromatic N) is 3. The Labute approximate surface area is 150 Å². The molecule has 1 N–H and O–H groups in total. The van der Waals surface area contributed by atoms with Gasteiger partial charge in [0.1, 0.15) is 11.4 Å². The van der Waals surface area contributed by atoms with Crippen LogP contribution < -0.4 is 0 Å². The standard InChI is InChI=1S/C14H21N3O6S2/c1-9-13(24-10(2)15-9)14(20)16-4-5-23-11(6-16)7-17(8-12(18)19)25(3,21)22/h11H,4-8H2,1-3H3,(H,18,19). The van der Waals surface area contributed by atoms with Crippen molar-refractivity contribution in [3.8, 4) is 0 Å². The van der Waals surface area contributed by atoms with Crippen LogP contribution in [-0.2, 0) is 19.6 Å². The van der Waals surface area contributed by atoms with E-state index in [1.807, 2.05) is 6.92 Å². The molecule has 9 nitrogen and oxygen atoms in total. The lowest BCUT2D eigenvalue weighted by Gasteiger charge is -2.34. The van der Waals surface area contributed by atoms with E-state index in [-0.39, 0.29) is 25.6 Å². The van der Waals surface area contributed by atoms with Gasteiger partial charge in [-0.1, -0.05) is 0 Å². The number of amides is 1. The monoisotopic (exact) mass is 391 g/mol. The molecule has 0 aliphatic carbocycles. The molecule has 0 aromatic carbocycles. The topological polar surface area (TPSA) is 117 Å². The number of morpholine rings is 1. The number of carboxylic acid groups (broad SMARTS) is 1. The highest BCUT2D eigenvalue weighted by Gasteiger charge is 2.31. The van der Waals surface area contributed by atoms with Crippen LogP contribution in [0.5, 0.6) is 0 Å². The molecular formula is C14H21N3O6S2. The first kappa shape index (κ1) is 19.8. The highest BCUT2D eigenvalue weighted by Crippen LogP contribution is 2.21. The molecule has 1 unspecified atom stereocenters. The van der Waals surface area contributed by atoms with Gasteiger partial charge in [-0.3, -0.25) is 9.59 Å². The summed E-state index contributed by atoms with van der Waals surface area (Å²) in [7, 11) is -3.69. The van der Waals surface area contributed by atoms with Crippen molar-refractivity contribution in [2.45, 2.75) is 20.0 Å². The van der Waals surface area contributed by atoms with Crippen LogP contribution in [-0.4, -0.2) is 84.7 Å². The molecule has 0 radical (unpaired) electrons. The number of thiazole rings is 1. The molecule has 2 heterocycles. The number of ether oxygens (including phenoxy) is 1. The average Bonchev–Trinajstić information content (AvgIpc) is 2.83. The summed E-state index contributed by atoms with van der Waals surface area (Å²) in [6.45, 7) is 3.69. The number of carbonyl (C=O) groups excluding carboxylic acids is 1. The van der Waals surface area contributed by atoms with Crippen molar-refractivity contribution >= 4 is 33.2 Å². The van der Waals surface area contributed by atoms with Gasteiger partial charge in [-0.05, 0) is 13.8 Å². The summed E-state index contributed by atoms with van der Waals surface area (Å²) >= 11 is 1.32. The minimum absolute atomic E-state index is 0.115. The normalized spacial score (nSPS) is 18.6. The predicted molar refractivity (Wildman–Crippen MR) is 91.3 cm³/mol. The number of aryl methyl sites for hydroxylation is 2. The Balaban J connectivity index is 2.08. The number of rotatable bonds is 6. The predicted octanol–water partition coefficient (Wildman–Crippen LogP) is -0.0529.